The minimum Gasteiger partial charge on any atom is -0.503 e. The molecule has 0 fully saturated rings. The Hall–Kier alpha value is -3.49. The Morgan fingerprint density at radius 3 is 2.47 bits per heavy atom. The third-order valence-electron chi connectivity index (χ3n) is 5.76. The van der Waals surface area contributed by atoms with E-state index in [0.29, 0.717) is 46.1 Å². The van der Waals surface area contributed by atoms with E-state index in [9.17, 15) is 14.7 Å². The number of Topliss-reactive ketones (excluding diaryl/α,β-unsaturated/α-hetero) is 1. The molecule has 1 aromatic heterocycles. The molecule has 0 radical (unpaired) electrons. The molecule has 1 aliphatic rings. The van der Waals surface area contributed by atoms with E-state index in [4.69, 9.17) is 25.5 Å². The Morgan fingerprint density at radius 2 is 1.85 bits per heavy atom. The van der Waals surface area contributed by atoms with E-state index in [2.05, 4.69) is 0 Å². The zero-order valence-electron chi connectivity index (χ0n) is 19.3. The largest absolute Gasteiger partial charge is 0.503 e. The van der Waals surface area contributed by atoms with E-state index in [0.717, 1.165) is 0 Å². The molecule has 0 saturated heterocycles. The van der Waals surface area contributed by atoms with Gasteiger partial charge in [0, 0.05) is 29.6 Å². The van der Waals surface area contributed by atoms with Gasteiger partial charge in [-0.05, 0) is 43.9 Å². The van der Waals surface area contributed by atoms with Crippen LogP contribution < -0.4 is 9.47 Å². The van der Waals surface area contributed by atoms with Crippen molar-refractivity contribution in [1.82, 2.24) is 9.80 Å². The Kier molecular flexibility index (Phi) is 6.54. The van der Waals surface area contributed by atoms with E-state index >= 15 is 0 Å². The summed E-state index contributed by atoms with van der Waals surface area (Å²) in [6, 6.07) is 11.0. The average molecular weight is 485 g/mol. The number of rotatable bonds is 8. The first-order valence-electron chi connectivity index (χ1n) is 10.6. The first kappa shape index (κ1) is 23.7. The molecule has 0 aliphatic carbocycles. The SMILES string of the molecule is COc1ccc(C2C(C(=O)c3cc4cc(Cl)cc(OC)c4o3)=C(O)C(=O)N2CCN(C)C)cc1. The number of ketones is 1. The molecule has 8 nitrogen and oxygen atoms in total. The number of benzene rings is 2. The summed E-state index contributed by atoms with van der Waals surface area (Å²) in [7, 11) is 6.80. The lowest BCUT2D eigenvalue weighted by atomic mass is 9.95. The second-order valence-corrected chi connectivity index (χ2v) is 8.64. The molecular weight excluding hydrogens is 460 g/mol. The van der Waals surface area contributed by atoms with Gasteiger partial charge in [-0.15, -0.1) is 0 Å². The predicted molar refractivity (Wildman–Crippen MR) is 128 cm³/mol. The number of amides is 1. The molecule has 2 aromatic carbocycles. The lowest BCUT2D eigenvalue weighted by Gasteiger charge is -2.28. The number of hydrogen-bond acceptors (Lipinski definition) is 7. The van der Waals surface area contributed by atoms with E-state index in [1.54, 1.807) is 43.5 Å². The maximum atomic E-state index is 13.6. The van der Waals surface area contributed by atoms with Crippen LogP contribution in [-0.2, 0) is 4.79 Å². The van der Waals surface area contributed by atoms with Crippen LogP contribution in [0.15, 0.2) is 58.2 Å². The number of hydrogen-bond donors (Lipinski definition) is 1. The monoisotopic (exact) mass is 484 g/mol. The first-order valence-corrected chi connectivity index (χ1v) is 11.0. The standard InChI is InChI=1S/C25H25ClN2O6/c1-27(2)9-10-28-21(14-5-7-17(32-3)8-6-14)20(23(30)25(28)31)22(29)18-12-15-11-16(26)13-19(33-4)24(15)34-18/h5-8,11-13,21,30H,9-10H2,1-4H3. The Balaban J connectivity index is 1.80. The summed E-state index contributed by atoms with van der Waals surface area (Å²) >= 11 is 6.15. The number of ether oxygens (including phenoxy) is 2. The van der Waals surface area contributed by atoms with Crippen LogP contribution in [0.5, 0.6) is 11.5 Å². The Labute approximate surface area is 201 Å². The second-order valence-electron chi connectivity index (χ2n) is 8.21. The fraction of sp³-hybridized carbons (Fsp3) is 0.280. The summed E-state index contributed by atoms with van der Waals surface area (Å²) < 4.78 is 16.4. The van der Waals surface area contributed by atoms with Crippen LogP contribution in [0.3, 0.4) is 0 Å². The van der Waals surface area contributed by atoms with Crippen LogP contribution in [0, 0.1) is 0 Å². The highest BCUT2D eigenvalue weighted by atomic mass is 35.5. The van der Waals surface area contributed by atoms with Crippen LogP contribution in [0.4, 0.5) is 0 Å². The van der Waals surface area contributed by atoms with Gasteiger partial charge < -0.3 is 28.8 Å². The molecule has 0 saturated carbocycles. The molecule has 1 atom stereocenters. The van der Waals surface area contributed by atoms with Crippen molar-refractivity contribution < 1.29 is 28.6 Å². The van der Waals surface area contributed by atoms with Crippen molar-refractivity contribution in [2.45, 2.75) is 6.04 Å². The average Bonchev–Trinajstić information content (AvgIpc) is 3.35. The number of likely N-dealkylation sites (N-methyl/N-ethyl adjacent to an activating group) is 1. The molecule has 0 bridgehead atoms. The number of aliphatic hydroxyl groups excluding tert-OH is 1. The summed E-state index contributed by atoms with van der Waals surface area (Å²) in [6.07, 6.45) is 0. The van der Waals surface area contributed by atoms with Crippen LogP contribution in [0.25, 0.3) is 11.0 Å². The van der Waals surface area contributed by atoms with Gasteiger partial charge in [-0.3, -0.25) is 9.59 Å². The van der Waals surface area contributed by atoms with Crippen molar-refractivity contribution in [2.75, 3.05) is 41.4 Å². The van der Waals surface area contributed by atoms with Gasteiger partial charge in [0.2, 0.25) is 5.78 Å². The van der Waals surface area contributed by atoms with E-state index in [-0.39, 0.29) is 11.3 Å². The van der Waals surface area contributed by atoms with Crippen LogP contribution in [0.1, 0.15) is 22.2 Å². The molecule has 3 aromatic rings. The van der Waals surface area contributed by atoms with Crippen molar-refractivity contribution in [3.63, 3.8) is 0 Å². The fourth-order valence-electron chi connectivity index (χ4n) is 4.04. The number of carbonyl (C=O) groups excluding carboxylic acids is 2. The molecule has 9 heteroatoms. The molecule has 2 heterocycles. The lowest BCUT2D eigenvalue weighted by Crippen LogP contribution is -2.36. The fourth-order valence-corrected chi connectivity index (χ4v) is 4.26. The van der Waals surface area contributed by atoms with Crippen LogP contribution >= 0.6 is 11.6 Å². The molecule has 0 spiro atoms. The quantitative estimate of drug-likeness (QED) is 0.478. The molecule has 34 heavy (non-hydrogen) atoms. The van der Waals surface area contributed by atoms with Crippen molar-refractivity contribution in [1.29, 1.82) is 0 Å². The Bertz CT molecular complexity index is 1280. The zero-order valence-corrected chi connectivity index (χ0v) is 20.0. The van der Waals surface area contributed by atoms with Crippen molar-refractivity contribution in [2.24, 2.45) is 0 Å². The van der Waals surface area contributed by atoms with Gasteiger partial charge in [0.25, 0.3) is 5.91 Å². The molecule has 1 N–H and O–H groups in total. The first-order chi connectivity index (χ1) is 16.2. The number of fused-ring (bicyclic) bond motifs is 1. The van der Waals surface area contributed by atoms with Crippen molar-refractivity contribution >= 4 is 34.3 Å². The number of methoxy groups -OCH3 is 2. The third kappa shape index (κ3) is 4.22. The zero-order chi connectivity index (χ0) is 24.6. The number of carbonyl (C=O) groups is 2. The number of halogens is 1. The summed E-state index contributed by atoms with van der Waals surface area (Å²) in [5.74, 6) is -0.805. The lowest BCUT2D eigenvalue weighted by molar-refractivity contribution is -0.129. The summed E-state index contributed by atoms with van der Waals surface area (Å²) in [6.45, 7) is 0.862. The molecule has 1 unspecified atom stereocenters. The van der Waals surface area contributed by atoms with E-state index < -0.39 is 23.5 Å². The van der Waals surface area contributed by atoms with Gasteiger partial charge in [0.1, 0.15) is 5.75 Å². The molecule has 178 valence electrons. The number of nitrogens with zero attached hydrogens (tertiary/aromatic N) is 2. The highest BCUT2D eigenvalue weighted by Gasteiger charge is 2.44. The molecular formula is C25H25ClN2O6. The van der Waals surface area contributed by atoms with Gasteiger partial charge in [-0.1, -0.05) is 23.7 Å². The predicted octanol–water partition coefficient (Wildman–Crippen LogP) is 4.24. The smallest absolute Gasteiger partial charge is 0.290 e. The second kappa shape index (κ2) is 9.40. The normalized spacial score (nSPS) is 16.1. The van der Waals surface area contributed by atoms with Gasteiger partial charge in [-0.25, -0.2) is 0 Å². The number of furan rings is 1. The van der Waals surface area contributed by atoms with E-state index in [1.807, 2.05) is 19.0 Å². The van der Waals surface area contributed by atoms with E-state index in [1.165, 1.54) is 18.1 Å². The minimum atomic E-state index is -0.787. The summed E-state index contributed by atoms with van der Waals surface area (Å²) in [5.41, 5.74) is 0.972. The highest BCUT2D eigenvalue weighted by Crippen LogP contribution is 2.41. The minimum absolute atomic E-state index is 0.0297. The van der Waals surface area contributed by atoms with Crippen molar-refractivity contribution in [3.05, 3.63) is 70.1 Å². The third-order valence-corrected chi connectivity index (χ3v) is 5.98. The Morgan fingerprint density at radius 1 is 1.15 bits per heavy atom. The number of aliphatic hydroxyl groups is 1. The summed E-state index contributed by atoms with van der Waals surface area (Å²) in [5, 5.41) is 11.8. The van der Waals surface area contributed by atoms with Gasteiger partial charge in [-0.2, -0.15) is 0 Å². The maximum absolute atomic E-state index is 13.6. The van der Waals surface area contributed by atoms with Crippen LogP contribution in [-0.4, -0.2) is 68.0 Å². The highest BCUT2D eigenvalue weighted by molar-refractivity contribution is 6.31. The topological polar surface area (TPSA) is 92.4 Å². The van der Waals surface area contributed by atoms with Gasteiger partial charge in [0.05, 0.1) is 25.8 Å². The summed E-state index contributed by atoms with van der Waals surface area (Å²) in [4.78, 5) is 30.1. The molecule has 4 rings (SSSR count). The van der Waals surface area contributed by atoms with Crippen molar-refractivity contribution in [3.8, 4) is 11.5 Å². The van der Waals surface area contributed by atoms with Gasteiger partial charge >= 0.3 is 0 Å². The van der Waals surface area contributed by atoms with Crippen LogP contribution in [0.2, 0.25) is 5.02 Å². The maximum Gasteiger partial charge on any atom is 0.290 e. The van der Waals surface area contributed by atoms with Gasteiger partial charge in [0.15, 0.2) is 22.9 Å². The molecule has 1 amide bonds. The molecule has 1 aliphatic heterocycles.